The number of anilines is 3. The summed E-state index contributed by atoms with van der Waals surface area (Å²) in [5.74, 6) is 0. The van der Waals surface area contributed by atoms with Crippen molar-refractivity contribution < 1.29 is 48.0 Å². The molecule has 1 heterocycles. The molecule has 0 unspecified atom stereocenters. The average molecular weight is 1200 g/mol. The molecule has 4 amide bonds. The van der Waals surface area contributed by atoms with Gasteiger partial charge in [-0.1, -0.05) is 93.8 Å². The van der Waals surface area contributed by atoms with Gasteiger partial charge in [-0.15, -0.1) is 4.57 Å². The van der Waals surface area contributed by atoms with Gasteiger partial charge in [-0.25, -0.2) is 29.2 Å². The maximum Gasteiger partial charge on any atom is 0.414 e. The van der Waals surface area contributed by atoms with Crippen LogP contribution >= 0.6 is 0 Å². The molecule has 5 aromatic carbocycles. The third-order valence-corrected chi connectivity index (χ3v) is 14.6. The van der Waals surface area contributed by atoms with E-state index in [-0.39, 0.29) is 6.09 Å². The van der Waals surface area contributed by atoms with Crippen molar-refractivity contribution in [2.24, 2.45) is 4.99 Å². The first kappa shape index (κ1) is 67.4. The Kier molecular flexibility index (Phi) is 22.4. The number of rotatable bonds is 21. The van der Waals surface area contributed by atoms with Gasteiger partial charge >= 0.3 is 24.4 Å². The molecule has 7 rings (SSSR count). The highest BCUT2D eigenvalue weighted by atomic mass is 16.6. The van der Waals surface area contributed by atoms with Gasteiger partial charge in [-0.2, -0.15) is 0 Å². The van der Waals surface area contributed by atoms with E-state index in [0.29, 0.717) is 30.9 Å². The largest absolute Gasteiger partial charge is 0.444 e. The number of nitrogens with one attached hydrogen (secondary N) is 2. The summed E-state index contributed by atoms with van der Waals surface area (Å²) in [6.07, 6.45) is 12.7. The van der Waals surface area contributed by atoms with Crippen molar-refractivity contribution in [2.45, 2.75) is 204 Å². The lowest BCUT2D eigenvalue weighted by atomic mass is 10.0. The first-order chi connectivity index (χ1) is 41.4. The van der Waals surface area contributed by atoms with E-state index in [0.717, 1.165) is 148 Å². The second-order valence-electron chi connectivity index (χ2n) is 27.1. The van der Waals surface area contributed by atoms with Crippen LogP contribution in [0.15, 0.2) is 125 Å². The summed E-state index contributed by atoms with van der Waals surface area (Å²) in [4.78, 5) is 67.8. The van der Waals surface area contributed by atoms with E-state index < -0.39 is 40.7 Å². The molecule has 470 valence electrons. The molecule has 0 saturated carbocycles. The molecule has 0 atom stereocenters. The molecule has 0 spiro atoms. The number of para-hydroxylation sites is 2. The number of amides is 4. The van der Waals surface area contributed by atoms with Crippen LogP contribution in [0.3, 0.4) is 0 Å². The first-order valence-electron chi connectivity index (χ1n) is 31.3. The number of allylic oxidation sites excluding steroid dienone is 3. The Morgan fingerprint density at radius 2 is 1.03 bits per heavy atom. The summed E-state index contributed by atoms with van der Waals surface area (Å²) in [6.45, 7) is 31.3. The number of aliphatic imine (C=N–C) groups is 1. The third-order valence-electron chi connectivity index (χ3n) is 14.6. The van der Waals surface area contributed by atoms with Gasteiger partial charge in [-0.05, 0) is 183 Å². The molecular weight excluding hydrogens is 1100 g/mol. The van der Waals surface area contributed by atoms with E-state index in [1.165, 1.54) is 0 Å². The lowest BCUT2D eigenvalue weighted by Crippen LogP contribution is -2.71. The number of carbonyl (C=O) groups is 4. The standard InChI is InChI=1S/C72H94N8O8/c1-48-43-53(37-38-55(48)76-65(81)85-69(5,6)7)73-56-39-40-60(51(4)64(56)74-52-33-27-25-28-34-52)78(67(83)87-71(11,12)13)41-31-23-21-19-17-18-20-22-24-32-42-79(68(84)88-72(14,15)16)61-47-63-59(45-50(61)3)75-58-44-49(2)57(77-66(82)86-70(8,9)10)46-62(58)80(63)54-35-29-26-30-36-54/h25-30,33-36,38-40,43-47,74H,17-24,31-32,37,41-42H2,1-16H3,(H,76,81)/p+2. The van der Waals surface area contributed by atoms with Crippen LogP contribution in [0.1, 0.15) is 177 Å². The van der Waals surface area contributed by atoms with Crippen molar-refractivity contribution in [1.82, 2.24) is 10.3 Å². The molecule has 16 nitrogen and oxygen atoms in total. The Hall–Kier alpha value is -8.11. The minimum Gasteiger partial charge on any atom is -0.444 e. The van der Waals surface area contributed by atoms with Crippen LogP contribution in [0.2, 0.25) is 0 Å². The van der Waals surface area contributed by atoms with E-state index in [9.17, 15) is 19.2 Å². The lowest BCUT2D eigenvalue weighted by molar-refractivity contribution is -0.538. The van der Waals surface area contributed by atoms with Crippen LogP contribution < -0.4 is 30.3 Å². The van der Waals surface area contributed by atoms with E-state index >= 15 is 0 Å². The quantitative estimate of drug-likeness (QED) is 0.0208. The number of nitrogens with zero attached hydrogens (tertiary/aromatic N) is 5. The van der Waals surface area contributed by atoms with Gasteiger partial charge < -0.3 is 18.9 Å². The Morgan fingerprint density at radius 3 is 1.56 bits per heavy atom. The summed E-state index contributed by atoms with van der Waals surface area (Å²) in [5, 5.41) is 7.96. The Bertz CT molecular complexity index is 3550. The summed E-state index contributed by atoms with van der Waals surface area (Å²) in [6, 6.07) is 32.1. The van der Waals surface area contributed by atoms with E-state index in [4.69, 9.17) is 28.9 Å². The van der Waals surface area contributed by atoms with Gasteiger partial charge in [0.25, 0.3) is 0 Å². The van der Waals surface area contributed by atoms with Crippen molar-refractivity contribution in [2.75, 3.05) is 28.2 Å². The molecule has 16 heteroatoms. The fraction of sp³-hybridized carbons (Fsp3) is 0.458. The summed E-state index contributed by atoms with van der Waals surface area (Å²) >= 11 is 0. The van der Waals surface area contributed by atoms with Crippen molar-refractivity contribution in [3.05, 3.63) is 137 Å². The maximum absolute atomic E-state index is 14.2. The number of alkyl carbamates (subject to hydrolysis) is 1. The number of ether oxygens (including phenoxy) is 4. The zero-order valence-corrected chi connectivity index (χ0v) is 55.2. The molecule has 0 fully saturated rings. The Labute approximate surface area is 522 Å². The summed E-state index contributed by atoms with van der Waals surface area (Å²) in [7, 11) is 0. The van der Waals surface area contributed by atoms with Gasteiger partial charge in [0.1, 0.15) is 44.8 Å². The lowest BCUT2D eigenvalue weighted by Gasteiger charge is -2.29. The molecule has 6 aromatic rings. The van der Waals surface area contributed by atoms with Gasteiger partial charge in [0.05, 0.1) is 17.1 Å². The number of aromatic nitrogens is 2. The molecule has 4 N–H and O–H groups in total. The van der Waals surface area contributed by atoms with E-state index in [1.54, 1.807) is 9.80 Å². The topological polar surface area (TPSA) is 181 Å². The predicted molar refractivity (Wildman–Crippen MR) is 355 cm³/mol. The molecule has 0 saturated heterocycles. The van der Waals surface area contributed by atoms with Gasteiger partial charge in [0.15, 0.2) is 5.69 Å². The van der Waals surface area contributed by atoms with Crippen LogP contribution in [-0.4, -0.2) is 70.6 Å². The van der Waals surface area contributed by atoms with Crippen molar-refractivity contribution in [3.8, 4) is 5.69 Å². The molecule has 88 heavy (non-hydrogen) atoms. The Balaban J connectivity index is 0.980. The Morgan fingerprint density at radius 1 is 0.557 bits per heavy atom. The summed E-state index contributed by atoms with van der Waals surface area (Å²) < 4.78 is 25.4. The van der Waals surface area contributed by atoms with Crippen LogP contribution in [0.25, 0.3) is 27.8 Å². The van der Waals surface area contributed by atoms with E-state index in [2.05, 4.69) is 32.7 Å². The highest BCUT2D eigenvalue weighted by molar-refractivity contribution is 6.01. The highest BCUT2D eigenvalue weighted by Gasteiger charge is 2.31. The SMILES string of the molecule is CC1=CC(=Nc2ccc(N(CCCCCCCCCCCCN(C(=O)OC(C)(C)C)c3cc4c(cc3C)nc3cc(C)c(NC(=O)OC(C)(C)C)cc3[n+]4-c3ccccc3)C(=O)OC(C)(C)C)c(C)c2[NH2+]c2ccccc2)CC=C1NC(=O)OC(C)(C)C. The minimum atomic E-state index is -0.702. The monoisotopic (exact) mass is 1200 g/mol. The molecular formula is C72H96N8O8+2. The van der Waals surface area contributed by atoms with Crippen molar-refractivity contribution in [3.63, 3.8) is 0 Å². The number of quaternary nitrogens is 1. The van der Waals surface area contributed by atoms with Crippen LogP contribution in [0.4, 0.5) is 53.3 Å². The van der Waals surface area contributed by atoms with Crippen LogP contribution in [0, 0.1) is 20.8 Å². The van der Waals surface area contributed by atoms with E-state index in [1.807, 2.05) is 208 Å². The molecule has 0 aliphatic heterocycles. The minimum absolute atomic E-state index is 0.383. The first-order valence-corrected chi connectivity index (χ1v) is 31.3. The molecule has 0 bridgehead atoms. The number of hydrogen-bond donors (Lipinski definition) is 3. The van der Waals surface area contributed by atoms with Gasteiger partial charge in [-0.3, -0.25) is 25.8 Å². The second-order valence-corrected chi connectivity index (χ2v) is 27.1. The fourth-order valence-corrected chi connectivity index (χ4v) is 10.6. The molecule has 0 radical (unpaired) electrons. The summed E-state index contributed by atoms with van der Waals surface area (Å²) in [5.41, 5.74) is 11.2. The number of benzene rings is 5. The third kappa shape index (κ3) is 19.7. The average Bonchev–Trinajstić information content (AvgIpc) is 0.953. The maximum atomic E-state index is 14.2. The van der Waals surface area contributed by atoms with Crippen molar-refractivity contribution in [1.29, 1.82) is 0 Å². The number of nitrogens with two attached hydrogens (primary N) is 1. The molecule has 1 aromatic heterocycles. The number of fused-ring (bicyclic) bond motifs is 2. The molecule has 1 aliphatic rings. The number of unbranched alkanes of at least 4 members (excludes halogenated alkanes) is 9. The van der Waals surface area contributed by atoms with Crippen LogP contribution in [-0.2, 0) is 18.9 Å². The van der Waals surface area contributed by atoms with Crippen molar-refractivity contribution >= 4 is 86.3 Å². The highest BCUT2D eigenvalue weighted by Crippen LogP contribution is 2.36. The smallest absolute Gasteiger partial charge is 0.414 e. The normalized spacial score (nSPS) is 13.4. The fourth-order valence-electron chi connectivity index (χ4n) is 10.6. The number of aryl methyl sites for hydroxylation is 2. The number of carbonyl (C=O) groups excluding carboxylic acids is 4. The van der Waals surface area contributed by atoms with Crippen LogP contribution in [0.5, 0.6) is 0 Å². The van der Waals surface area contributed by atoms with Gasteiger partial charge in [0, 0.05) is 60.7 Å². The molecule has 1 aliphatic carbocycles. The van der Waals surface area contributed by atoms with Gasteiger partial charge in [0.2, 0.25) is 16.7 Å². The second kappa shape index (κ2) is 29.3. The zero-order valence-electron chi connectivity index (χ0n) is 55.2. The zero-order chi connectivity index (χ0) is 64.1. The number of hydrogen-bond acceptors (Lipinski definition) is 10. The predicted octanol–water partition coefficient (Wildman–Crippen LogP) is 17.4.